The van der Waals surface area contributed by atoms with E-state index in [1.165, 1.54) is 24.3 Å². The van der Waals surface area contributed by atoms with E-state index >= 15 is 0 Å². The van der Waals surface area contributed by atoms with Crippen LogP contribution in [0.15, 0.2) is 54.7 Å². The summed E-state index contributed by atoms with van der Waals surface area (Å²) in [6.45, 7) is 6.03. The number of amides is 1. The SMILES string of the molecule is CC(C)(C)n1ccc([C@@H]2C[C@@H](C(=O)Nc3cccc(OC(F)(F)F)c3)N[C@H]2c2ccc(Cl)c(F)c2)n1. The average molecular weight is 525 g/mol. The van der Waals surface area contributed by atoms with Crippen LogP contribution in [0.1, 0.15) is 50.4 Å². The summed E-state index contributed by atoms with van der Waals surface area (Å²) in [4.78, 5) is 13.1. The number of benzene rings is 2. The molecule has 0 unspecified atom stereocenters. The Kier molecular flexibility index (Phi) is 7.03. The van der Waals surface area contributed by atoms with Crippen molar-refractivity contribution in [2.45, 2.75) is 57.1 Å². The quantitative estimate of drug-likeness (QED) is 0.393. The molecule has 0 aliphatic carbocycles. The van der Waals surface area contributed by atoms with Gasteiger partial charge in [0.15, 0.2) is 0 Å². The number of hydrogen-bond donors (Lipinski definition) is 2. The van der Waals surface area contributed by atoms with E-state index < -0.39 is 35.9 Å². The monoisotopic (exact) mass is 524 g/mol. The fourth-order valence-electron chi connectivity index (χ4n) is 4.21. The maximum atomic E-state index is 14.3. The van der Waals surface area contributed by atoms with Crippen molar-refractivity contribution in [3.8, 4) is 5.75 Å². The normalized spacial score (nSPS) is 20.4. The van der Waals surface area contributed by atoms with Crippen LogP contribution in [-0.4, -0.2) is 28.1 Å². The summed E-state index contributed by atoms with van der Waals surface area (Å²) in [6, 6.07) is 10.2. The van der Waals surface area contributed by atoms with Crippen LogP contribution < -0.4 is 15.4 Å². The van der Waals surface area contributed by atoms with Gasteiger partial charge in [0.2, 0.25) is 5.91 Å². The first-order valence-electron chi connectivity index (χ1n) is 11.2. The molecular formula is C25H25ClF4N4O2. The first-order valence-corrected chi connectivity index (χ1v) is 11.6. The van der Waals surface area contributed by atoms with E-state index in [4.69, 9.17) is 16.7 Å². The second kappa shape index (κ2) is 9.74. The number of alkyl halides is 3. The second-order valence-corrected chi connectivity index (χ2v) is 10.0. The zero-order valence-electron chi connectivity index (χ0n) is 19.7. The highest BCUT2D eigenvalue weighted by Crippen LogP contribution is 2.41. The summed E-state index contributed by atoms with van der Waals surface area (Å²) in [6.07, 6.45) is -2.66. The maximum Gasteiger partial charge on any atom is 0.573 e. The van der Waals surface area contributed by atoms with Crippen LogP contribution in [0.3, 0.4) is 0 Å². The number of nitrogens with one attached hydrogen (secondary N) is 2. The molecule has 1 aromatic heterocycles. The van der Waals surface area contributed by atoms with E-state index in [1.807, 2.05) is 37.7 Å². The zero-order valence-corrected chi connectivity index (χ0v) is 20.5. The Morgan fingerprint density at radius 1 is 1.17 bits per heavy atom. The third-order valence-electron chi connectivity index (χ3n) is 5.90. The van der Waals surface area contributed by atoms with Crippen LogP contribution in [-0.2, 0) is 10.3 Å². The molecule has 3 aromatic rings. The fraction of sp³-hybridized carbons (Fsp3) is 0.360. The van der Waals surface area contributed by atoms with Crippen LogP contribution >= 0.6 is 11.6 Å². The van der Waals surface area contributed by atoms with E-state index in [1.54, 1.807) is 6.07 Å². The molecule has 1 amide bonds. The highest BCUT2D eigenvalue weighted by Gasteiger charge is 2.40. The summed E-state index contributed by atoms with van der Waals surface area (Å²) in [5.74, 6) is -1.75. The summed E-state index contributed by atoms with van der Waals surface area (Å²) >= 11 is 5.86. The average Bonchev–Trinajstić information content (AvgIpc) is 3.42. The number of halogens is 5. The molecule has 1 fully saturated rings. The lowest BCUT2D eigenvalue weighted by molar-refractivity contribution is -0.274. The molecule has 2 N–H and O–H groups in total. The molecular weight excluding hydrogens is 500 g/mol. The molecule has 11 heteroatoms. The van der Waals surface area contributed by atoms with Gasteiger partial charge in [-0.25, -0.2) is 4.39 Å². The van der Waals surface area contributed by atoms with Gasteiger partial charge in [-0.2, -0.15) is 5.10 Å². The molecule has 3 atom stereocenters. The largest absolute Gasteiger partial charge is 0.573 e. The minimum atomic E-state index is -4.85. The smallest absolute Gasteiger partial charge is 0.406 e. The molecule has 0 bridgehead atoms. The summed E-state index contributed by atoms with van der Waals surface area (Å²) in [5.41, 5.74) is 1.22. The van der Waals surface area contributed by atoms with Crippen molar-refractivity contribution in [2.75, 3.05) is 5.32 Å². The molecule has 0 radical (unpaired) electrons. The van der Waals surface area contributed by atoms with Crippen LogP contribution in [0.2, 0.25) is 5.02 Å². The number of aromatic nitrogens is 2. The Bertz CT molecular complexity index is 1260. The van der Waals surface area contributed by atoms with Gasteiger partial charge in [0.05, 0.1) is 22.3 Å². The lowest BCUT2D eigenvalue weighted by atomic mass is 9.90. The van der Waals surface area contributed by atoms with Gasteiger partial charge in [-0.05, 0) is 63.1 Å². The van der Waals surface area contributed by atoms with Gasteiger partial charge in [0.25, 0.3) is 0 Å². The van der Waals surface area contributed by atoms with E-state index in [9.17, 15) is 22.4 Å². The molecule has 1 saturated heterocycles. The molecule has 36 heavy (non-hydrogen) atoms. The molecule has 2 heterocycles. The third kappa shape index (κ3) is 5.99. The maximum absolute atomic E-state index is 14.3. The Balaban J connectivity index is 1.58. The standard InChI is InChI=1S/C25H25ClF4N4O2/c1-24(2,3)34-10-9-20(33-34)17-13-21(32-22(17)14-7-8-18(26)19(27)11-14)23(35)31-15-5-4-6-16(12-15)36-25(28,29)30/h4-12,17,21-22,32H,13H2,1-3H3,(H,31,35)/t17-,21-,22-/m0/s1. The highest BCUT2D eigenvalue weighted by molar-refractivity contribution is 6.30. The predicted octanol–water partition coefficient (Wildman–Crippen LogP) is 6.15. The molecule has 1 aliphatic rings. The van der Waals surface area contributed by atoms with Crippen LogP contribution in [0.4, 0.5) is 23.2 Å². The number of anilines is 1. The van der Waals surface area contributed by atoms with Crippen molar-refractivity contribution in [1.82, 2.24) is 15.1 Å². The van der Waals surface area contributed by atoms with Gasteiger partial charge in [-0.15, -0.1) is 13.2 Å². The van der Waals surface area contributed by atoms with Crippen molar-refractivity contribution in [3.05, 3.63) is 76.8 Å². The van der Waals surface area contributed by atoms with Crippen LogP contribution in [0.5, 0.6) is 5.75 Å². The van der Waals surface area contributed by atoms with Gasteiger partial charge >= 0.3 is 6.36 Å². The lowest BCUT2D eigenvalue weighted by Gasteiger charge is -2.21. The second-order valence-electron chi connectivity index (χ2n) is 9.63. The number of nitrogens with zero attached hydrogens (tertiary/aromatic N) is 2. The Labute approximate surface area is 210 Å². The number of rotatable bonds is 5. The van der Waals surface area contributed by atoms with Crippen molar-refractivity contribution in [3.63, 3.8) is 0 Å². The van der Waals surface area contributed by atoms with Crippen molar-refractivity contribution in [1.29, 1.82) is 0 Å². The molecule has 2 aromatic carbocycles. The van der Waals surface area contributed by atoms with Crippen LogP contribution in [0.25, 0.3) is 0 Å². The van der Waals surface area contributed by atoms with Crippen LogP contribution in [0, 0.1) is 5.82 Å². The third-order valence-corrected chi connectivity index (χ3v) is 6.21. The van der Waals surface area contributed by atoms with E-state index in [2.05, 4.69) is 15.4 Å². The first-order chi connectivity index (χ1) is 16.8. The fourth-order valence-corrected chi connectivity index (χ4v) is 4.33. The number of carbonyl (C=O) groups is 1. The number of ether oxygens (including phenoxy) is 1. The van der Waals surface area contributed by atoms with Gasteiger partial charge in [0, 0.05) is 29.9 Å². The number of carbonyl (C=O) groups excluding carboxylic acids is 1. The Morgan fingerprint density at radius 2 is 1.92 bits per heavy atom. The molecule has 192 valence electrons. The highest BCUT2D eigenvalue weighted by atomic mass is 35.5. The predicted molar refractivity (Wildman–Crippen MR) is 127 cm³/mol. The molecule has 1 aliphatic heterocycles. The van der Waals surface area contributed by atoms with Gasteiger partial charge in [-0.1, -0.05) is 23.7 Å². The van der Waals surface area contributed by atoms with Crippen molar-refractivity contribution in [2.24, 2.45) is 0 Å². The van der Waals surface area contributed by atoms with Gasteiger partial charge < -0.3 is 10.1 Å². The van der Waals surface area contributed by atoms with E-state index in [0.717, 1.165) is 17.8 Å². The minimum Gasteiger partial charge on any atom is -0.406 e. The zero-order chi connectivity index (χ0) is 26.3. The Morgan fingerprint density at radius 3 is 2.56 bits per heavy atom. The van der Waals surface area contributed by atoms with Crippen molar-refractivity contribution >= 4 is 23.2 Å². The number of hydrogen-bond acceptors (Lipinski definition) is 4. The first kappa shape index (κ1) is 26.0. The summed E-state index contributed by atoms with van der Waals surface area (Å²) in [5, 5.41) is 10.6. The molecule has 4 rings (SSSR count). The summed E-state index contributed by atoms with van der Waals surface area (Å²) < 4.78 is 57.7. The summed E-state index contributed by atoms with van der Waals surface area (Å²) in [7, 11) is 0. The molecule has 0 saturated carbocycles. The molecule has 6 nitrogen and oxygen atoms in total. The van der Waals surface area contributed by atoms with Gasteiger partial charge in [-0.3, -0.25) is 14.8 Å². The Hall–Kier alpha value is -3.11. The lowest BCUT2D eigenvalue weighted by Crippen LogP contribution is -2.36. The molecule has 0 spiro atoms. The van der Waals surface area contributed by atoms with E-state index in [-0.39, 0.29) is 22.2 Å². The topological polar surface area (TPSA) is 68.2 Å². The van der Waals surface area contributed by atoms with E-state index in [0.29, 0.717) is 12.0 Å². The van der Waals surface area contributed by atoms with Crippen molar-refractivity contribution < 1.29 is 27.1 Å². The minimum absolute atomic E-state index is 0.0134. The van der Waals surface area contributed by atoms with Gasteiger partial charge in [0.1, 0.15) is 11.6 Å².